The monoisotopic (exact) mass is 400 g/mol. The van der Waals surface area contributed by atoms with Crippen molar-refractivity contribution in [3.8, 4) is 22.6 Å². The molecule has 2 aliphatic rings. The van der Waals surface area contributed by atoms with Crippen LogP contribution in [0.15, 0.2) is 66.7 Å². The molecule has 0 aliphatic carbocycles. The first-order chi connectivity index (χ1) is 14.8. The highest BCUT2D eigenvalue weighted by molar-refractivity contribution is 5.80. The van der Waals surface area contributed by atoms with E-state index < -0.39 is 0 Å². The predicted octanol–water partition coefficient (Wildman–Crippen LogP) is 4.62. The van der Waals surface area contributed by atoms with Crippen molar-refractivity contribution in [1.82, 2.24) is 4.90 Å². The van der Waals surface area contributed by atoms with Crippen LogP contribution in [0.1, 0.15) is 11.1 Å². The smallest absolute Gasteiger partial charge is 0.169 e. The molecule has 4 heteroatoms. The van der Waals surface area contributed by atoms with Crippen LogP contribution in [0, 0.1) is 0 Å². The Hall–Kier alpha value is -2.98. The molecule has 2 aliphatic heterocycles. The number of hydrogen-bond acceptors (Lipinski definition) is 4. The third kappa shape index (κ3) is 3.63. The Morgan fingerprint density at radius 1 is 0.867 bits per heavy atom. The molecule has 0 amide bonds. The molecule has 2 heterocycles. The van der Waals surface area contributed by atoms with Crippen LogP contribution in [0.2, 0.25) is 0 Å². The summed E-state index contributed by atoms with van der Waals surface area (Å²) in [4.78, 5) is 5.06. The Bertz CT molecular complexity index is 1010. The molecule has 0 atom stereocenters. The summed E-state index contributed by atoms with van der Waals surface area (Å²) in [7, 11) is 1.71. The zero-order valence-corrected chi connectivity index (χ0v) is 17.5. The first-order valence-electron chi connectivity index (χ1n) is 10.8. The van der Waals surface area contributed by atoms with E-state index in [0.717, 1.165) is 50.6 Å². The number of ether oxygens (including phenoxy) is 2. The molecule has 0 radical (unpaired) electrons. The number of hydrogen-bond donors (Lipinski definition) is 0. The first-order valence-corrected chi connectivity index (χ1v) is 10.8. The van der Waals surface area contributed by atoms with E-state index >= 15 is 0 Å². The van der Waals surface area contributed by atoms with E-state index in [-0.39, 0.29) is 0 Å². The topological polar surface area (TPSA) is 24.9 Å². The molecule has 3 aromatic carbocycles. The summed E-state index contributed by atoms with van der Waals surface area (Å²) in [6, 6.07) is 23.5. The maximum atomic E-state index is 6.12. The number of nitrogens with zero attached hydrogens (tertiary/aromatic N) is 2. The van der Waals surface area contributed by atoms with Crippen molar-refractivity contribution in [2.24, 2.45) is 0 Å². The number of benzene rings is 3. The summed E-state index contributed by atoms with van der Waals surface area (Å²) < 4.78 is 11.7. The molecule has 154 valence electrons. The summed E-state index contributed by atoms with van der Waals surface area (Å²) >= 11 is 0. The number of para-hydroxylation sites is 1. The molecule has 0 spiro atoms. The molecule has 1 saturated heterocycles. The minimum absolute atomic E-state index is 0.602. The van der Waals surface area contributed by atoms with Gasteiger partial charge in [-0.2, -0.15) is 0 Å². The molecule has 0 N–H and O–H groups in total. The van der Waals surface area contributed by atoms with Crippen LogP contribution in [0.25, 0.3) is 11.1 Å². The molecule has 0 aromatic heterocycles. The lowest BCUT2D eigenvalue weighted by Crippen LogP contribution is -2.47. The van der Waals surface area contributed by atoms with Gasteiger partial charge in [0.1, 0.15) is 6.61 Å². The van der Waals surface area contributed by atoms with Crippen molar-refractivity contribution in [3.05, 3.63) is 77.9 Å². The van der Waals surface area contributed by atoms with Crippen LogP contribution >= 0.6 is 0 Å². The standard InChI is InChI=1S/C26H28N2O2/c1-29-24-12-11-20(25-23-10-6-5-7-21(23)19-30-26(24)25)13-14-27-15-17-28(18-16-27)22-8-3-2-4-9-22/h2-12H,13-19H2,1H3. The van der Waals surface area contributed by atoms with Crippen LogP contribution < -0.4 is 14.4 Å². The quantitative estimate of drug-likeness (QED) is 0.624. The third-order valence-electron chi connectivity index (χ3n) is 6.28. The number of piperazine rings is 1. The van der Waals surface area contributed by atoms with Crippen LogP contribution in [-0.2, 0) is 13.0 Å². The van der Waals surface area contributed by atoms with Gasteiger partial charge >= 0.3 is 0 Å². The Kier molecular flexibility index (Phi) is 5.33. The summed E-state index contributed by atoms with van der Waals surface area (Å²) in [6.45, 7) is 6.02. The molecular weight excluding hydrogens is 372 g/mol. The second-order valence-electron chi connectivity index (χ2n) is 7.99. The normalized spacial score (nSPS) is 15.8. The maximum absolute atomic E-state index is 6.12. The van der Waals surface area contributed by atoms with Crippen molar-refractivity contribution < 1.29 is 9.47 Å². The van der Waals surface area contributed by atoms with Gasteiger partial charge in [0.25, 0.3) is 0 Å². The number of anilines is 1. The van der Waals surface area contributed by atoms with Crippen molar-refractivity contribution >= 4 is 5.69 Å². The summed E-state index contributed by atoms with van der Waals surface area (Å²) in [5, 5.41) is 0. The van der Waals surface area contributed by atoms with Crippen LogP contribution in [0.5, 0.6) is 11.5 Å². The second kappa shape index (κ2) is 8.41. The minimum Gasteiger partial charge on any atom is -0.493 e. The molecule has 0 unspecified atom stereocenters. The number of fused-ring (bicyclic) bond motifs is 3. The SMILES string of the molecule is COc1ccc(CCN2CCN(c3ccccc3)CC2)c2c1OCc1ccccc1-2. The highest BCUT2D eigenvalue weighted by Gasteiger charge is 2.24. The average Bonchev–Trinajstić information content (AvgIpc) is 2.83. The second-order valence-corrected chi connectivity index (χ2v) is 7.99. The maximum Gasteiger partial charge on any atom is 0.169 e. The minimum atomic E-state index is 0.602. The fourth-order valence-corrected chi connectivity index (χ4v) is 4.60. The number of rotatable bonds is 5. The zero-order valence-electron chi connectivity index (χ0n) is 17.5. The van der Waals surface area contributed by atoms with Crippen LogP contribution in [0.4, 0.5) is 5.69 Å². The lowest BCUT2D eigenvalue weighted by molar-refractivity contribution is 0.260. The Balaban J connectivity index is 1.31. The lowest BCUT2D eigenvalue weighted by Gasteiger charge is -2.36. The zero-order chi connectivity index (χ0) is 20.3. The third-order valence-corrected chi connectivity index (χ3v) is 6.28. The van der Waals surface area contributed by atoms with Crippen molar-refractivity contribution in [2.45, 2.75) is 13.0 Å². The van der Waals surface area contributed by atoms with Gasteiger partial charge in [-0.05, 0) is 41.3 Å². The van der Waals surface area contributed by atoms with E-state index in [1.165, 1.54) is 27.9 Å². The van der Waals surface area contributed by atoms with E-state index in [1.54, 1.807) is 7.11 Å². The fraction of sp³-hybridized carbons (Fsp3) is 0.308. The van der Waals surface area contributed by atoms with Gasteiger partial charge in [-0.1, -0.05) is 48.5 Å². The van der Waals surface area contributed by atoms with Gasteiger partial charge in [-0.15, -0.1) is 0 Å². The average molecular weight is 401 g/mol. The van der Waals surface area contributed by atoms with E-state index in [4.69, 9.17) is 9.47 Å². The largest absolute Gasteiger partial charge is 0.493 e. The van der Waals surface area contributed by atoms with Gasteiger partial charge in [0, 0.05) is 44.0 Å². The Morgan fingerprint density at radius 3 is 2.43 bits per heavy atom. The van der Waals surface area contributed by atoms with Gasteiger partial charge < -0.3 is 14.4 Å². The predicted molar refractivity (Wildman–Crippen MR) is 122 cm³/mol. The van der Waals surface area contributed by atoms with E-state index in [1.807, 2.05) is 0 Å². The molecule has 30 heavy (non-hydrogen) atoms. The fourth-order valence-electron chi connectivity index (χ4n) is 4.60. The van der Waals surface area contributed by atoms with E-state index in [9.17, 15) is 0 Å². The molecule has 5 rings (SSSR count). The molecule has 4 nitrogen and oxygen atoms in total. The number of methoxy groups -OCH3 is 1. The molecule has 1 fully saturated rings. The molecule has 3 aromatic rings. The van der Waals surface area contributed by atoms with Crippen LogP contribution in [-0.4, -0.2) is 44.7 Å². The highest BCUT2D eigenvalue weighted by atomic mass is 16.5. The van der Waals surface area contributed by atoms with Gasteiger partial charge in [-0.25, -0.2) is 0 Å². The van der Waals surface area contributed by atoms with Crippen molar-refractivity contribution in [3.63, 3.8) is 0 Å². The van der Waals surface area contributed by atoms with Gasteiger partial charge in [0.2, 0.25) is 0 Å². The summed E-state index contributed by atoms with van der Waals surface area (Å²) in [5.74, 6) is 1.71. The Morgan fingerprint density at radius 2 is 1.63 bits per heavy atom. The Labute approximate surface area is 178 Å². The summed E-state index contributed by atoms with van der Waals surface area (Å²) in [6.07, 6.45) is 1.01. The highest BCUT2D eigenvalue weighted by Crippen LogP contribution is 2.45. The van der Waals surface area contributed by atoms with Gasteiger partial charge in [0.05, 0.1) is 7.11 Å². The molecule has 0 bridgehead atoms. The van der Waals surface area contributed by atoms with Crippen molar-refractivity contribution in [1.29, 1.82) is 0 Å². The van der Waals surface area contributed by atoms with Crippen molar-refractivity contribution in [2.75, 3.05) is 44.7 Å². The van der Waals surface area contributed by atoms with Gasteiger partial charge in [-0.3, -0.25) is 4.90 Å². The van der Waals surface area contributed by atoms with E-state index in [0.29, 0.717) is 6.61 Å². The van der Waals surface area contributed by atoms with Gasteiger partial charge in [0.15, 0.2) is 11.5 Å². The van der Waals surface area contributed by atoms with E-state index in [2.05, 4.69) is 76.5 Å². The first kappa shape index (κ1) is 19.0. The lowest BCUT2D eigenvalue weighted by atomic mass is 9.91. The van der Waals surface area contributed by atoms with Crippen LogP contribution in [0.3, 0.4) is 0 Å². The molecule has 0 saturated carbocycles. The molecular formula is C26H28N2O2. The summed E-state index contributed by atoms with van der Waals surface area (Å²) in [5.41, 5.74) is 6.40.